The molecule has 0 bridgehead atoms. The van der Waals surface area contributed by atoms with E-state index in [0.29, 0.717) is 39.5 Å². The van der Waals surface area contributed by atoms with E-state index in [9.17, 15) is 18.0 Å². The van der Waals surface area contributed by atoms with Crippen molar-refractivity contribution in [3.63, 3.8) is 0 Å². The summed E-state index contributed by atoms with van der Waals surface area (Å²) in [6.45, 7) is 1.79. The van der Waals surface area contributed by atoms with E-state index in [1.165, 1.54) is 24.3 Å². The standard InChI is InChI=1S/C23H17ClF3N3O2/c1-14-22(20-12-17(24)10-11-30(20)29-14)21(31)9-3-15-2-8-19(28-13-15)16-4-6-18(7-5-16)32-23(25,26)27/h2,4-8,10-13H,3,9H2,1H3. The van der Waals surface area contributed by atoms with Crippen molar-refractivity contribution < 1.29 is 22.7 Å². The number of hydrogen-bond donors (Lipinski definition) is 0. The van der Waals surface area contributed by atoms with Crippen LogP contribution in [0.2, 0.25) is 5.02 Å². The summed E-state index contributed by atoms with van der Waals surface area (Å²) in [5.41, 5.74) is 3.99. The summed E-state index contributed by atoms with van der Waals surface area (Å²) in [5, 5.41) is 4.89. The Hall–Kier alpha value is -3.39. The number of ether oxygens (including phenoxy) is 1. The Bertz CT molecular complexity index is 1270. The zero-order chi connectivity index (χ0) is 22.9. The first kappa shape index (κ1) is 21.8. The zero-order valence-corrected chi connectivity index (χ0v) is 17.6. The highest BCUT2D eigenvalue weighted by molar-refractivity contribution is 6.31. The van der Waals surface area contributed by atoms with E-state index in [1.54, 1.807) is 42.0 Å². The number of rotatable bonds is 6. The minimum Gasteiger partial charge on any atom is -0.406 e. The predicted octanol–water partition coefficient (Wildman–Crippen LogP) is 6.07. The van der Waals surface area contributed by atoms with Crippen LogP contribution in [0.25, 0.3) is 16.8 Å². The number of carbonyl (C=O) groups excluding carboxylic acids is 1. The Morgan fingerprint density at radius 1 is 1.12 bits per heavy atom. The van der Waals surface area contributed by atoms with Gasteiger partial charge in [0.15, 0.2) is 5.78 Å². The molecule has 0 amide bonds. The van der Waals surface area contributed by atoms with Gasteiger partial charge in [0.1, 0.15) is 5.75 Å². The lowest BCUT2D eigenvalue weighted by molar-refractivity contribution is -0.274. The van der Waals surface area contributed by atoms with Gasteiger partial charge in [-0.1, -0.05) is 17.7 Å². The normalized spacial score (nSPS) is 11.7. The minimum absolute atomic E-state index is 0.0379. The Kier molecular flexibility index (Phi) is 5.88. The Labute approximate surface area is 186 Å². The van der Waals surface area contributed by atoms with Crippen molar-refractivity contribution in [1.82, 2.24) is 14.6 Å². The molecule has 0 N–H and O–H groups in total. The monoisotopic (exact) mass is 459 g/mol. The van der Waals surface area contributed by atoms with Crippen molar-refractivity contribution in [2.24, 2.45) is 0 Å². The zero-order valence-electron chi connectivity index (χ0n) is 16.9. The Morgan fingerprint density at radius 2 is 1.88 bits per heavy atom. The Balaban J connectivity index is 1.43. The molecule has 5 nitrogen and oxygen atoms in total. The molecule has 164 valence electrons. The number of fused-ring (bicyclic) bond motifs is 1. The van der Waals surface area contributed by atoms with E-state index in [2.05, 4.69) is 14.8 Å². The molecule has 32 heavy (non-hydrogen) atoms. The van der Waals surface area contributed by atoms with Crippen molar-refractivity contribution >= 4 is 22.9 Å². The maximum absolute atomic E-state index is 12.8. The number of aryl methyl sites for hydroxylation is 2. The van der Waals surface area contributed by atoms with E-state index >= 15 is 0 Å². The van der Waals surface area contributed by atoms with Crippen LogP contribution in [0.5, 0.6) is 5.75 Å². The number of hydrogen-bond acceptors (Lipinski definition) is 4. The van der Waals surface area contributed by atoms with E-state index in [0.717, 1.165) is 5.56 Å². The lowest BCUT2D eigenvalue weighted by Crippen LogP contribution is -2.16. The molecule has 0 aliphatic heterocycles. The third-order valence-electron chi connectivity index (χ3n) is 4.90. The van der Waals surface area contributed by atoms with Crippen molar-refractivity contribution in [2.45, 2.75) is 26.1 Å². The summed E-state index contributed by atoms with van der Waals surface area (Å²) in [6.07, 6.45) is -0.595. The molecule has 0 fully saturated rings. The molecule has 4 aromatic rings. The van der Waals surface area contributed by atoms with Crippen LogP contribution in [-0.4, -0.2) is 26.7 Å². The quantitative estimate of drug-likeness (QED) is 0.328. The first-order valence-corrected chi connectivity index (χ1v) is 10.1. The first-order valence-electron chi connectivity index (χ1n) is 9.68. The molecule has 0 aliphatic rings. The summed E-state index contributed by atoms with van der Waals surface area (Å²) in [4.78, 5) is 17.2. The van der Waals surface area contributed by atoms with Gasteiger partial charge in [-0.25, -0.2) is 4.52 Å². The largest absolute Gasteiger partial charge is 0.573 e. The molecule has 3 aromatic heterocycles. The summed E-state index contributed by atoms with van der Waals surface area (Å²) < 4.78 is 42.3. The fourth-order valence-corrected chi connectivity index (χ4v) is 3.60. The minimum atomic E-state index is -4.73. The van der Waals surface area contributed by atoms with E-state index in [1.807, 2.05) is 6.07 Å². The summed E-state index contributed by atoms with van der Waals surface area (Å²) in [5.74, 6) is -0.329. The van der Waals surface area contributed by atoms with Crippen LogP contribution in [0.4, 0.5) is 13.2 Å². The SMILES string of the molecule is Cc1nn2ccc(Cl)cc2c1C(=O)CCc1ccc(-c2ccc(OC(F)(F)F)cc2)nc1. The third kappa shape index (κ3) is 4.91. The van der Waals surface area contributed by atoms with Crippen LogP contribution >= 0.6 is 11.6 Å². The number of nitrogens with zero attached hydrogens (tertiary/aromatic N) is 3. The van der Waals surface area contributed by atoms with Gasteiger partial charge in [-0.2, -0.15) is 5.10 Å². The number of ketones is 1. The fourth-order valence-electron chi connectivity index (χ4n) is 3.44. The lowest BCUT2D eigenvalue weighted by atomic mass is 10.0. The molecule has 1 aromatic carbocycles. The maximum Gasteiger partial charge on any atom is 0.573 e. The first-order chi connectivity index (χ1) is 15.2. The molecule has 0 spiro atoms. The smallest absolute Gasteiger partial charge is 0.406 e. The van der Waals surface area contributed by atoms with Gasteiger partial charge in [-0.3, -0.25) is 9.78 Å². The van der Waals surface area contributed by atoms with Gasteiger partial charge < -0.3 is 4.74 Å². The molecule has 0 aliphatic carbocycles. The third-order valence-corrected chi connectivity index (χ3v) is 5.14. The van der Waals surface area contributed by atoms with Gasteiger partial charge in [0, 0.05) is 29.4 Å². The van der Waals surface area contributed by atoms with Crippen LogP contribution in [0, 0.1) is 6.92 Å². The van der Waals surface area contributed by atoms with Crippen molar-refractivity contribution in [1.29, 1.82) is 0 Å². The van der Waals surface area contributed by atoms with E-state index in [-0.39, 0.29) is 18.0 Å². The number of alkyl halides is 3. The van der Waals surface area contributed by atoms with Crippen molar-refractivity contribution in [2.75, 3.05) is 0 Å². The summed E-state index contributed by atoms with van der Waals surface area (Å²) in [6, 6.07) is 12.5. The second-order valence-electron chi connectivity index (χ2n) is 7.18. The highest BCUT2D eigenvalue weighted by atomic mass is 35.5. The number of benzene rings is 1. The topological polar surface area (TPSA) is 56.5 Å². The van der Waals surface area contributed by atoms with Crippen LogP contribution < -0.4 is 4.74 Å². The number of carbonyl (C=O) groups is 1. The molecule has 0 atom stereocenters. The highest BCUT2D eigenvalue weighted by Gasteiger charge is 2.31. The molecular formula is C23H17ClF3N3O2. The second-order valence-corrected chi connectivity index (χ2v) is 7.62. The molecular weight excluding hydrogens is 443 g/mol. The predicted molar refractivity (Wildman–Crippen MR) is 114 cm³/mol. The Morgan fingerprint density at radius 3 is 2.53 bits per heavy atom. The van der Waals surface area contributed by atoms with Crippen LogP contribution in [0.1, 0.15) is 28.0 Å². The van der Waals surface area contributed by atoms with E-state index in [4.69, 9.17) is 11.6 Å². The molecule has 3 heterocycles. The summed E-state index contributed by atoms with van der Waals surface area (Å²) >= 11 is 6.06. The number of halogens is 4. The van der Waals surface area contributed by atoms with Gasteiger partial charge in [-0.15, -0.1) is 13.2 Å². The molecule has 0 saturated heterocycles. The van der Waals surface area contributed by atoms with Gasteiger partial charge in [0.25, 0.3) is 0 Å². The van der Waals surface area contributed by atoms with Gasteiger partial charge >= 0.3 is 6.36 Å². The lowest BCUT2D eigenvalue weighted by Gasteiger charge is -2.09. The van der Waals surface area contributed by atoms with Crippen LogP contribution in [0.3, 0.4) is 0 Å². The molecule has 9 heteroatoms. The van der Waals surface area contributed by atoms with Gasteiger partial charge in [0.05, 0.1) is 22.5 Å². The maximum atomic E-state index is 12.8. The second kappa shape index (κ2) is 8.63. The average molecular weight is 460 g/mol. The molecule has 0 saturated carbocycles. The number of pyridine rings is 2. The van der Waals surface area contributed by atoms with Crippen LogP contribution in [-0.2, 0) is 6.42 Å². The molecule has 0 radical (unpaired) electrons. The molecule has 0 unspecified atom stereocenters. The summed E-state index contributed by atoms with van der Waals surface area (Å²) in [7, 11) is 0. The molecule has 4 rings (SSSR count). The highest BCUT2D eigenvalue weighted by Crippen LogP contribution is 2.26. The number of Topliss-reactive ketones (excluding diaryl/α,β-unsaturated/α-hetero) is 1. The van der Waals surface area contributed by atoms with Gasteiger partial charge in [-0.05, 0) is 61.4 Å². The van der Waals surface area contributed by atoms with Gasteiger partial charge in [0.2, 0.25) is 0 Å². The number of aromatic nitrogens is 3. The average Bonchev–Trinajstić information content (AvgIpc) is 3.07. The fraction of sp³-hybridized carbons (Fsp3) is 0.174. The van der Waals surface area contributed by atoms with Crippen molar-refractivity contribution in [3.8, 4) is 17.0 Å². The van der Waals surface area contributed by atoms with Crippen LogP contribution in [0.15, 0.2) is 60.9 Å². The van der Waals surface area contributed by atoms with Crippen molar-refractivity contribution in [3.05, 3.63) is 82.8 Å². The van der Waals surface area contributed by atoms with E-state index < -0.39 is 6.36 Å².